The van der Waals surface area contributed by atoms with Gasteiger partial charge in [0.2, 0.25) is 0 Å². The summed E-state index contributed by atoms with van der Waals surface area (Å²) in [5.74, 6) is 0.252. The molecule has 3 aromatic carbocycles. The summed E-state index contributed by atoms with van der Waals surface area (Å²) in [6.07, 6.45) is 2.35. The van der Waals surface area contributed by atoms with E-state index in [1.807, 2.05) is 12.1 Å². The number of carboxylic acid groups (broad SMARTS) is 1. The number of carboxylic acids is 1. The summed E-state index contributed by atoms with van der Waals surface area (Å²) in [6, 6.07) is 13.6. The molecule has 0 radical (unpaired) electrons. The van der Waals surface area contributed by atoms with Crippen molar-refractivity contribution in [3.8, 4) is 17.2 Å². The number of nitrogens with zero attached hydrogens (tertiary/aromatic N) is 3. The Labute approximate surface area is 241 Å². The van der Waals surface area contributed by atoms with Gasteiger partial charge < -0.3 is 29.7 Å². The van der Waals surface area contributed by atoms with Crippen LogP contribution in [0.1, 0.15) is 16.8 Å². The van der Waals surface area contributed by atoms with E-state index in [1.54, 1.807) is 13.2 Å². The number of aromatic hydroxyl groups is 1. The number of ether oxygens (including phenoxy) is 3. The predicted molar refractivity (Wildman–Crippen MR) is 153 cm³/mol. The number of phenolic OH excluding ortho intramolecular Hbond substituents is 1. The number of nitrogens with one attached hydrogen (secondary N) is 1. The highest BCUT2D eigenvalue weighted by atomic mass is 35.5. The van der Waals surface area contributed by atoms with Crippen LogP contribution in [-0.4, -0.2) is 77.6 Å². The molecular weight excluding hydrogens is 555 g/mol. The number of rotatable bonds is 9. The number of aromatic nitrogens is 2. The maximum absolute atomic E-state index is 13.5. The van der Waals surface area contributed by atoms with Crippen LogP contribution in [0.25, 0.3) is 10.9 Å². The number of methoxy groups -OCH3 is 1. The fourth-order valence-corrected chi connectivity index (χ4v) is 4.26. The second kappa shape index (κ2) is 14.4. The fourth-order valence-electron chi connectivity index (χ4n) is 4.08. The highest BCUT2D eigenvalue weighted by Gasteiger charge is 2.14. The molecule has 0 bridgehead atoms. The van der Waals surface area contributed by atoms with Crippen LogP contribution >= 0.6 is 11.6 Å². The lowest BCUT2D eigenvalue weighted by atomic mass is 10.2. The number of halogens is 2. The SMILES string of the molecule is COc1cc2ncnc(Nc3ccc(F)c(Cl)c3)c2cc1OCCCN1CCOCC1.O=C(O)c1cccc(O)c1. The minimum Gasteiger partial charge on any atom is -0.508 e. The van der Waals surface area contributed by atoms with Gasteiger partial charge in [0, 0.05) is 36.8 Å². The van der Waals surface area contributed by atoms with E-state index < -0.39 is 11.8 Å². The number of benzene rings is 3. The minimum absolute atomic E-state index is 0.0279. The molecule has 0 atom stereocenters. The average Bonchev–Trinajstić information content (AvgIpc) is 2.98. The zero-order valence-electron chi connectivity index (χ0n) is 22.3. The number of hydrogen-bond acceptors (Lipinski definition) is 9. The number of aromatic carboxylic acids is 1. The van der Waals surface area contributed by atoms with E-state index in [9.17, 15) is 9.18 Å². The Morgan fingerprint density at radius 1 is 1.12 bits per heavy atom. The van der Waals surface area contributed by atoms with Crippen LogP contribution in [0.3, 0.4) is 0 Å². The minimum atomic E-state index is -1.03. The molecule has 12 heteroatoms. The third-order valence-corrected chi connectivity index (χ3v) is 6.47. The van der Waals surface area contributed by atoms with Crippen LogP contribution in [0.2, 0.25) is 5.02 Å². The first kappa shape index (κ1) is 29.8. The van der Waals surface area contributed by atoms with Gasteiger partial charge in [-0.1, -0.05) is 17.7 Å². The van der Waals surface area contributed by atoms with E-state index in [4.69, 9.17) is 36.0 Å². The van der Waals surface area contributed by atoms with Crippen LogP contribution in [0, 0.1) is 5.82 Å². The number of fused-ring (bicyclic) bond motifs is 1. The van der Waals surface area contributed by atoms with Gasteiger partial charge in [0.1, 0.15) is 23.7 Å². The third kappa shape index (κ3) is 8.40. The summed E-state index contributed by atoms with van der Waals surface area (Å²) in [6.45, 7) is 5.00. The zero-order valence-corrected chi connectivity index (χ0v) is 23.1. The monoisotopic (exact) mass is 584 g/mol. The number of phenols is 1. The van der Waals surface area contributed by atoms with E-state index in [1.165, 1.54) is 42.7 Å². The number of anilines is 2. The summed E-state index contributed by atoms with van der Waals surface area (Å²) in [4.78, 5) is 21.3. The molecule has 10 nitrogen and oxygen atoms in total. The van der Waals surface area contributed by atoms with Crippen LogP contribution in [0.5, 0.6) is 17.2 Å². The van der Waals surface area contributed by atoms with Crippen molar-refractivity contribution in [1.29, 1.82) is 0 Å². The van der Waals surface area contributed by atoms with Crippen LogP contribution in [0.4, 0.5) is 15.9 Å². The quantitative estimate of drug-likeness (QED) is 0.221. The normalized spacial score (nSPS) is 13.2. The molecule has 1 aromatic heterocycles. The molecule has 0 amide bonds. The summed E-state index contributed by atoms with van der Waals surface area (Å²) >= 11 is 5.90. The Morgan fingerprint density at radius 3 is 2.61 bits per heavy atom. The highest BCUT2D eigenvalue weighted by molar-refractivity contribution is 6.31. The molecule has 2 heterocycles. The zero-order chi connectivity index (χ0) is 29.2. The van der Waals surface area contributed by atoms with Gasteiger partial charge in [-0.3, -0.25) is 4.90 Å². The molecule has 4 aromatic rings. The van der Waals surface area contributed by atoms with Crippen molar-refractivity contribution in [2.75, 3.05) is 51.9 Å². The van der Waals surface area contributed by atoms with Crippen LogP contribution < -0.4 is 14.8 Å². The largest absolute Gasteiger partial charge is 0.508 e. The molecule has 0 spiro atoms. The summed E-state index contributed by atoms with van der Waals surface area (Å²) in [5, 5.41) is 21.2. The van der Waals surface area contributed by atoms with Crippen LogP contribution in [-0.2, 0) is 4.74 Å². The number of carbonyl (C=O) groups is 1. The van der Waals surface area contributed by atoms with E-state index in [0.717, 1.165) is 44.7 Å². The first-order chi connectivity index (χ1) is 19.8. The van der Waals surface area contributed by atoms with Crippen molar-refractivity contribution in [3.05, 3.63) is 77.3 Å². The Balaban J connectivity index is 0.000000328. The molecular formula is C29H30ClFN4O6. The molecule has 216 valence electrons. The lowest BCUT2D eigenvalue weighted by Crippen LogP contribution is -2.37. The molecule has 5 rings (SSSR count). The average molecular weight is 585 g/mol. The van der Waals surface area contributed by atoms with E-state index in [0.29, 0.717) is 35.1 Å². The molecule has 1 aliphatic rings. The molecule has 1 fully saturated rings. The van der Waals surface area contributed by atoms with Crippen molar-refractivity contribution in [2.24, 2.45) is 0 Å². The first-order valence-electron chi connectivity index (χ1n) is 12.8. The smallest absolute Gasteiger partial charge is 0.335 e. The second-order valence-corrected chi connectivity index (χ2v) is 9.42. The van der Waals surface area contributed by atoms with E-state index >= 15 is 0 Å². The van der Waals surface area contributed by atoms with Crippen LogP contribution in [0.15, 0.2) is 60.9 Å². The lowest BCUT2D eigenvalue weighted by molar-refractivity contribution is 0.0357. The Morgan fingerprint density at radius 2 is 1.93 bits per heavy atom. The Bertz CT molecular complexity index is 1490. The van der Waals surface area contributed by atoms with Gasteiger partial charge in [-0.15, -0.1) is 0 Å². The van der Waals surface area contributed by atoms with E-state index in [2.05, 4.69) is 20.2 Å². The molecule has 1 saturated heterocycles. The van der Waals surface area contributed by atoms with Gasteiger partial charge in [0.25, 0.3) is 0 Å². The third-order valence-electron chi connectivity index (χ3n) is 6.18. The topological polar surface area (TPSA) is 126 Å². The molecule has 3 N–H and O–H groups in total. The number of hydrogen-bond donors (Lipinski definition) is 3. The van der Waals surface area contributed by atoms with Gasteiger partial charge in [0.15, 0.2) is 11.5 Å². The summed E-state index contributed by atoms with van der Waals surface area (Å²) in [7, 11) is 1.60. The molecule has 41 heavy (non-hydrogen) atoms. The van der Waals surface area contributed by atoms with E-state index in [-0.39, 0.29) is 16.3 Å². The van der Waals surface area contributed by atoms with Crippen molar-refractivity contribution < 1.29 is 33.6 Å². The number of morpholine rings is 1. The standard InChI is InChI=1S/C22H24ClFN4O3.C7H6O3/c1-29-20-13-19-16(12-21(20)31-8-2-5-28-6-9-30-10-7-28)22(26-14-25-19)27-15-3-4-18(24)17(23)11-15;8-6-3-1-2-5(4-6)7(9)10/h3-4,11-14H,2,5-10H2,1H3,(H,25,26,27);1-4,8H,(H,9,10). The first-order valence-corrected chi connectivity index (χ1v) is 13.2. The molecule has 1 aliphatic heterocycles. The van der Waals surface area contributed by atoms with Crippen molar-refractivity contribution >= 4 is 40.0 Å². The molecule has 0 saturated carbocycles. The van der Waals surface area contributed by atoms with Gasteiger partial charge in [0.05, 0.1) is 43.0 Å². The van der Waals surface area contributed by atoms with Crippen molar-refractivity contribution in [1.82, 2.24) is 14.9 Å². The van der Waals surface area contributed by atoms with Gasteiger partial charge in [-0.25, -0.2) is 19.2 Å². The summed E-state index contributed by atoms with van der Waals surface area (Å²) in [5.41, 5.74) is 1.42. The Kier molecular flexibility index (Phi) is 10.5. The second-order valence-electron chi connectivity index (χ2n) is 9.01. The van der Waals surface area contributed by atoms with Gasteiger partial charge >= 0.3 is 5.97 Å². The molecule has 0 aliphatic carbocycles. The lowest BCUT2D eigenvalue weighted by Gasteiger charge is -2.26. The fraction of sp³-hybridized carbons (Fsp3) is 0.276. The maximum atomic E-state index is 13.5. The van der Waals surface area contributed by atoms with Crippen molar-refractivity contribution in [2.45, 2.75) is 6.42 Å². The van der Waals surface area contributed by atoms with Gasteiger partial charge in [-0.2, -0.15) is 0 Å². The predicted octanol–water partition coefficient (Wildman–Crippen LogP) is 5.37. The maximum Gasteiger partial charge on any atom is 0.335 e. The Hall–Kier alpha value is -4.19. The van der Waals surface area contributed by atoms with Gasteiger partial charge in [-0.05, 0) is 48.9 Å². The molecule has 0 unspecified atom stereocenters. The summed E-state index contributed by atoms with van der Waals surface area (Å²) < 4.78 is 30.4. The van der Waals surface area contributed by atoms with Crippen molar-refractivity contribution in [3.63, 3.8) is 0 Å². The highest BCUT2D eigenvalue weighted by Crippen LogP contribution is 2.35.